The number of nitrogens with two attached hydrogens (primary N) is 1. The van der Waals surface area contributed by atoms with Crippen LogP contribution in [0.1, 0.15) is 5.56 Å². The molecule has 0 spiro atoms. The first-order valence-electron chi connectivity index (χ1n) is 3.60. The topological polar surface area (TPSA) is 52.3 Å². The number of anilines is 1. The Labute approximate surface area is 82.5 Å². The highest BCUT2D eigenvalue weighted by atomic mass is 35.5. The molecule has 0 saturated carbocycles. The van der Waals surface area contributed by atoms with E-state index in [0.717, 1.165) is 11.3 Å². The van der Waals surface area contributed by atoms with Crippen LogP contribution < -0.4 is 5.73 Å². The van der Waals surface area contributed by atoms with Crippen molar-refractivity contribution in [3.8, 4) is 0 Å². The summed E-state index contributed by atoms with van der Waals surface area (Å²) in [6, 6.07) is 5.47. The molecule has 2 N–H and O–H groups in total. The van der Waals surface area contributed by atoms with Crippen molar-refractivity contribution in [3.63, 3.8) is 0 Å². The molecule has 0 aromatic heterocycles. The van der Waals surface area contributed by atoms with Crippen LogP contribution in [0.3, 0.4) is 0 Å². The van der Waals surface area contributed by atoms with Gasteiger partial charge in [0.05, 0.1) is 7.11 Å². The van der Waals surface area contributed by atoms with E-state index >= 15 is 0 Å². The van der Waals surface area contributed by atoms with E-state index in [9.17, 15) is 0 Å². The quantitative estimate of drug-likeness (QED) is 0.559. The largest absolute Gasteiger partial charge is 0.471 e. The van der Waals surface area contributed by atoms with Crippen molar-refractivity contribution in [1.29, 1.82) is 0 Å². The van der Waals surface area contributed by atoms with Crippen LogP contribution in [0.15, 0.2) is 18.2 Å². The summed E-state index contributed by atoms with van der Waals surface area (Å²) in [6.07, 6.45) is 0. The molecule has 0 saturated heterocycles. The summed E-state index contributed by atoms with van der Waals surface area (Å²) in [7, 11) is 1.31. The van der Waals surface area contributed by atoms with E-state index in [4.69, 9.17) is 22.1 Å². The number of hydrogen-bond donors (Lipinski definition) is 1. The highest BCUT2D eigenvalue weighted by molar-refractivity contribution is 6.30. The van der Waals surface area contributed by atoms with Crippen LogP contribution in [0, 0.1) is 6.92 Å². The zero-order chi connectivity index (χ0) is 10.3. The third-order valence-corrected chi connectivity index (χ3v) is 1.57. The average molecular weight is 202 g/mol. The lowest BCUT2D eigenvalue weighted by Crippen LogP contribution is -1.87. The van der Waals surface area contributed by atoms with E-state index in [1.165, 1.54) is 7.11 Å². The molecule has 3 nitrogen and oxygen atoms in total. The summed E-state index contributed by atoms with van der Waals surface area (Å²) >= 11 is 5.64. The number of carbonyl (C=O) groups excluding carboxylic acids is 1. The lowest BCUT2D eigenvalue weighted by atomic mass is 10.2. The van der Waals surface area contributed by atoms with E-state index in [1.54, 1.807) is 6.07 Å². The maximum atomic E-state index is 8.95. The molecule has 0 heterocycles. The van der Waals surface area contributed by atoms with Gasteiger partial charge in [-0.25, -0.2) is 0 Å². The van der Waals surface area contributed by atoms with E-state index in [-0.39, 0.29) is 0 Å². The zero-order valence-corrected chi connectivity index (χ0v) is 8.34. The van der Waals surface area contributed by atoms with Crippen molar-refractivity contribution in [3.05, 3.63) is 28.8 Å². The normalized spacial score (nSPS) is 8.23. The highest BCUT2D eigenvalue weighted by Gasteiger charge is 1.91. The van der Waals surface area contributed by atoms with Crippen LogP contribution in [0.2, 0.25) is 5.02 Å². The smallest absolute Gasteiger partial charge is 0.292 e. The number of methoxy groups -OCH3 is 1. The highest BCUT2D eigenvalue weighted by Crippen LogP contribution is 2.16. The molecule has 0 amide bonds. The maximum Gasteiger partial charge on any atom is 0.292 e. The molecule has 72 valence electrons. The van der Waals surface area contributed by atoms with Crippen molar-refractivity contribution in [2.45, 2.75) is 6.92 Å². The number of ether oxygens (including phenoxy) is 1. The van der Waals surface area contributed by atoms with Crippen molar-refractivity contribution < 1.29 is 9.53 Å². The molecule has 0 atom stereocenters. The fourth-order valence-corrected chi connectivity index (χ4v) is 0.792. The molecular weight excluding hydrogens is 190 g/mol. The Morgan fingerprint density at radius 1 is 1.54 bits per heavy atom. The van der Waals surface area contributed by atoms with Crippen LogP contribution >= 0.6 is 11.6 Å². The lowest BCUT2D eigenvalue weighted by molar-refractivity contribution is -0.126. The van der Waals surface area contributed by atoms with E-state index in [2.05, 4.69) is 4.74 Å². The zero-order valence-electron chi connectivity index (χ0n) is 7.58. The van der Waals surface area contributed by atoms with Gasteiger partial charge in [0.25, 0.3) is 6.47 Å². The van der Waals surface area contributed by atoms with Crippen LogP contribution in [-0.4, -0.2) is 13.6 Å². The minimum Gasteiger partial charge on any atom is -0.471 e. The number of nitrogen functional groups attached to an aromatic ring is 1. The van der Waals surface area contributed by atoms with E-state index in [0.29, 0.717) is 11.5 Å². The Bertz CT molecular complexity index is 276. The fraction of sp³-hybridized carbons (Fsp3) is 0.222. The van der Waals surface area contributed by atoms with Gasteiger partial charge < -0.3 is 10.5 Å². The van der Waals surface area contributed by atoms with Crippen molar-refractivity contribution >= 4 is 23.8 Å². The van der Waals surface area contributed by atoms with Gasteiger partial charge in [0.1, 0.15) is 0 Å². The van der Waals surface area contributed by atoms with Crippen LogP contribution in [-0.2, 0) is 9.53 Å². The van der Waals surface area contributed by atoms with Gasteiger partial charge in [-0.3, -0.25) is 4.79 Å². The molecule has 0 aliphatic carbocycles. The molecule has 4 heteroatoms. The Kier molecular flexibility index (Phi) is 5.72. The predicted octanol–water partition coefficient (Wildman–Crippen LogP) is 2.02. The van der Waals surface area contributed by atoms with Gasteiger partial charge in [-0.05, 0) is 24.6 Å². The molecule has 0 aliphatic rings. The number of aryl methyl sites for hydroxylation is 1. The van der Waals surface area contributed by atoms with Crippen LogP contribution in [0.25, 0.3) is 0 Å². The molecule has 0 aliphatic heterocycles. The number of carbonyl (C=O) groups is 1. The van der Waals surface area contributed by atoms with Crippen molar-refractivity contribution in [2.24, 2.45) is 0 Å². The summed E-state index contributed by atoms with van der Waals surface area (Å²) in [5, 5.41) is 0.693. The number of halogens is 1. The van der Waals surface area contributed by atoms with Gasteiger partial charge in [-0.2, -0.15) is 0 Å². The second-order valence-electron chi connectivity index (χ2n) is 2.33. The molecule has 1 aromatic rings. The van der Waals surface area contributed by atoms with Gasteiger partial charge in [0.2, 0.25) is 0 Å². The molecule has 0 fully saturated rings. The standard InChI is InChI=1S/C7H8ClN.C2H4O2/c1-5-2-3-6(8)4-7(5)9;1-4-2-3/h2-4H,9H2,1H3;2H,1H3. The number of hydrogen-bond acceptors (Lipinski definition) is 3. The molecule has 1 rings (SSSR count). The van der Waals surface area contributed by atoms with Gasteiger partial charge >= 0.3 is 0 Å². The minimum atomic E-state index is 0.375. The second kappa shape index (κ2) is 6.31. The van der Waals surface area contributed by atoms with E-state index < -0.39 is 0 Å². The SMILES string of the molecule is COC=O.Cc1ccc(Cl)cc1N. The van der Waals surface area contributed by atoms with Crippen molar-refractivity contribution in [2.75, 3.05) is 12.8 Å². The van der Waals surface area contributed by atoms with Gasteiger partial charge in [-0.15, -0.1) is 0 Å². The van der Waals surface area contributed by atoms with Crippen LogP contribution in [0.5, 0.6) is 0 Å². The molecular formula is C9H12ClNO2. The Hall–Kier alpha value is -1.22. The first kappa shape index (κ1) is 11.8. The third-order valence-electron chi connectivity index (χ3n) is 1.34. The average Bonchev–Trinajstić information content (AvgIpc) is 2.12. The Morgan fingerprint density at radius 3 is 2.38 bits per heavy atom. The first-order valence-corrected chi connectivity index (χ1v) is 3.97. The number of rotatable bonds is 1. The third kappa shape index (κ3) is 5.09. The lowest BCUT2D eigenvalue weighted by Gasteiger charge is -1.97. The Morgan fingerprint density at radius 2 is 2.08 bits per heavy atom. The maximum absolute atomic E-state index is 8.95. The predicted molar refractivity (Wildman–Crippen MR) is 53.7 cm³/mol. The molecule has 0 bridgehead atoms. The van der Waals surface area contributed by atoms with Gasteiger partial charge in [0, 0.05) is 10.7 Å². The van der Waals surface area contributed by atoms with Gasteiger partial charge in [0.15, 0.2) is 0 Å². The monoisotopic (exact) mass is 201 g/mol. The second-order valence-corrected chi connectivity index (χ2v) is 2.77. The summed E-state index contributed by atoms with van der Waals surface area (Å²) in [4.78, 5) is 8.95. The summed E-state index contributed by atoms with van der Waals surface area (Å²) in [6.45, 7) is 2.33. The molecule has 0 unspecified atom stereocenters. The fourth-order valence-electron chi connectivity index (χ4n) is 0.611. The Balaban J connectivity index is 0.000000310. The minimum absolute atomic E-state index is 0.375. The summed E-state index contributed by atoms with van der Waals surface area (Å²) < 4.78 is 3.86. The van der Waals surface area contributed by atoms with E-state index in [1.807, 2.05) is 19.1 Å². The summed E-state index contributed by atoms with van der Waals surface area (Å²) in [5.41, 5.74) is 7.36. The summed E-state index contributed by atoms with van der Waals surface area (Å²) in [5.74, 6) is 0. The van der Waals surface area contributed by atoms with Crippen molar-refractivity contribution in [1.82, 2.24) is 0 Å². The van der Waals surface area contributed by atoms with Gasteiger partial charge in [-0.1, -0.05) is 17.7 Å². The molecule has 0 radical (unpaired) electrons. The van der Waals surface area contributed by atoms with Crippen LogP contribution in [0.4, 0.5) is 5.69 Å². The molecule has 13 heavy (non-hydrogen) atoms. The molecule has 1 aromatic carbocycles. The number of benzene rings is 1. The first-order chi connectivity index (χ1) is 6.11.